The quantitative estimate of drug-likeness (QED) is 0.408. The van der Waals surface area contributed by atoms with Crippen molar-refractivity contribution in [3.05, 3.63) is 65.0 Å². The van der Waals surface area contributed by atoms with Crippen LogP contribution >= 0.6 is 0 Å². The molecule has 166 valence electrons. The van der Waals surface area contributed by atoms with Crippen LogP contribution in [0.2, 0.25) is 0 Å². The van der Waals surface area contributed by atoms with Crippen LogP contribution < -0.4 is 5.32 Å². The van der Waals surface area contributed by atoms with Gasteiger partial charge in [-0.25, -0.2) is 18.0 Å². The van der Waals surface area contributed by atoms with Crippen molar-refractivity contribution in [3.8, 4) is 0 Å². The first-order valence-corrected chi connectivity index (χ1v) is 11.4. The highest BCUT2D eigenvalue weighted by atomic mass is 19.1. The number of amides is 2. The lowest BCUT2D eigenvalue weighted by Crippen LogP contribution is -2.45. The molecule has 2 aliphatic rings. The molecule has 6 heteroatoms. The molecule has 0 aliphatic heterocycles. The summed E-state index contributed by atoms with van der Waals surface area (Å²) < 4.78 is 41.9. The van der Waals surface area contributed by atoms with E-state index >= 15 is 0 Å². The Morgan fingerprint density at radius 2 is 1.52 bits per heavy atom. The molecule has 0 spiro atoms. The molecule has 1 fully saturated rings. The zero-order valence-corrected chi connectivity index (χ0v) is 17.7. The molecular formula is C25H29F3N2O. The Hall–Kier alpha value is -2.50. The van der Waals surface area contributed by atoms with Crippen molar-refractivity contribution in [2.75, 3.05) is 5.32 Å². The first kappa shape index (κ1) is 21.7. The second kappa shape index (κ2) is 9.75. The van der Waals surface area contributed by atoms with Gasteiger partial charge in [0, 0.05) is 18.2 Å². The minimum absolute atomic E-state index is 0.00484. The number of anilines is 1. The fourth-order valence-electron chi connectivity index (χ4n) is 5.12. The lowest BCUT2D eigenvalue weighted by Gasteiger charge is -2.38. The molecule has 1 N–H and O–H groups in total. The third-order valence-corrected chi connectivity index (χ3v) is 6.61. The molecule has 0 bridgehead atoms. The third kappa shape index (κ3) is 4.89. The number of hydrogen-bond acceptors (Lipinski definition) is 1. The van der Waals surface area contributed by atoms with E-state index in [9.17, 15) is 18.0 Å². The van der Waals surface area contributed by atoms with E-state index in [1.165, 1.54) is 5.56 Å². The van der Waals surface area contributed by atoms with Crippen LogP contribution in [0.4, 0.5) is 23.7 Å². The maximum absolute atomic E-state index is 14.3. The molecule has 0 aromatic heterocycles. The topological polar surface area (TPSA) is 32.3 Å². The van der Waals surface area contributed by atoms with Crippen LogP contribution in [0.15, 0.2) is 36.4 Å². The first-order chi connectivity index (χ1) is 15.0. The minimum atomic E-state index is -1.10. The van der Waals surface area contributed by atoms with Crippen molar-refractivity contribution >= 4 is 11.7 Å². The molecule has 1 saturated carbocycles. The minimum Gasteiger partial charge on any atom is -0.315 e. The molecular weight excluding hydrogens is 401 g/mol. The van der Waals surface area contributed by atoms with Crippen molar-refractivity contribution < 1.29 is 18.0 Å². The number of carbonyl (C=O) groups is 1. The fourth-order valence-corrected chi connectivity index (χ4v) is 5.12. The summed E-state index contributed by atoms with van der Waals surface area (Å²) in [5, 5.41) is 2.44. The van der Waals surface area contributed by atoms with E-state index in [1.807, 2.05) is 17.0 Å². The highest BCUT2D eigenvalue weighted by molar-refractivity contribution is 5.90. The van der Waals surface area contributed by atoms with Gasteiger partial charge in [0.05, 0.1) is 6.04 Å². The molecule has 31 heavy (non-hydrogen) atoms. The zero-order valence-electron chi connectivity index (χ0n) is 17.7. The first-order valence-electron chi connectivity index (χ1n) is 11.4. The summed E-state index contributed by atoms with van der Waals surface area (Å²) in [5.41, 5.74) is 1.77. The molecule has 4 rings (SSSR count). The van der Waals surface area contributed by atoms with E-state index in [0.717, 1.165) is 69.8 Å². The monoisotopic (exact) mass is 430 g/mol. The Bertz CT molecular complexity index is 902. The number of nitrogens with one attached hydrogen (secondary N) is 1. The van der Waals surface area contributed by atoms with Crippen LogP contribution in [0.1, 0.15) is 75.0 Å². The molecule has 0 saturated heterocycles. The summed E-state index contributed by atoms with van der Waals surface area (Å²) in [6, 6.07) is 8.71. The molecule has 1 atom stereocenters. The van der Waals surface area contributed by atoms with Gasteiger partial charge >= 0.3 is 6.03 Å². The van der Waals surface area contributed by atoms with Gasteiger partial charge < -0.3 is 10.2 Å². The Balaban J connectivity index is 1.70. The van der Waals surface area contributed by atoms with E-state index in [1.54, 1.807) is 0 Å². The van der Waals surface area contributed by atoms with E-state index in [4.69, 9.17) is 0 Å². The lowest BCUT2D eigenvalue weighted by molar-refractivity contribution is 0.140. The molecule has 1 unspecified atom stereocenters. The summed E-state index contributed by atoms with van der Waals surface area (Å²) in [6.07, 6.45) is 9.89. The average molecular weight is 431 g/mol. The average Bonchev–Trinajstić information content (AvgIpc) is 3.13. The highest BCUT2D eigenvalue weighted by Gasteiger charge is 2.34. The number of carbonyl (C=O) groups excluding carboxylic acids is 1. The van der Waals surface area contributed by atoms with Gasteiger partial charge in [0.25, 0.3) is 0 Å². The number of fused-ring (bicyclic) bond motifs is 1. The van der Waals surface area contributed by atoms with Crippen LogP contribution in [-0.2, 0) is 6.42 Å². The van der Waals surface area contributed by atoms with Crippen molar-refractivity contribution in [1.29, 1.82) is 0 Å². The zero-order chi connectivity index (χ0) is 21.8. The number of hydrogen-bond donors (Lipinski definition) is 1. The summed E-state index contributed by atoms with van der Waals surface area (Å²) in [6.45, 7) is 0. The molecule has 2 amide bonds. The smallest absolute Gasteiger partial charge is 0.315 e. The summed E-state index contributed by atoms with van der Waals surface area (Å²) in [7, 11) is 0. The molecule has 2 aromatic rings. The van der Waals surface area contributed by atoms with Crippen LogP contribution in [0.25, 0.3) is 0 Å². The van der Waals surface area contributed by atoms with Gasteiger partial charge in [0.2, 0.25) is 0 Å². The normalized spacial score (nSPS) is 19.8. The van der Waals surface area contributed by atoms with E-state index in [2.05, 4.69) is 17.4 Å². The third-order valence-electron chi connectivity index (χ3n) is 6.61. The molecule has 0 radical (unpaired) electrons. The van der Waals surface area contributed by atoms with Crippen LogP contribution in [0.5, 0.6) is 0 Å². The standard InChI is InChI=1S/C25H29F3N2O/c26-18-15-21(27)24(22(28)16-18)29-25(31)30(19-11-3-1-2-4-12-19)23-14-8-6-10-17-9-5-7-13-20(17)23/h5,7,9,13,15-16,19,23H,1-4,6,8,10-12,14H2,(H,29,31). The Labute approximate surface area is 181 Å². The van der Waals surface area contributed by atoms with Gasteiger partial charge in [0.15, 0.2) is 11.6 Å². The highest BCUT2D eigenvalue weighted by Crippen LogP contribution is 2.38. The number of aryl methyl sites for hydroxylation is 1. The van der Waals surface area contributed by atoms with Crippen molar-refractivity contribution in [2.45, 2.75) is 76.3 Å². The Morgan fingerprint density at radius 1 is 0.871 bits per heavy atom. The van der Waals surface area contributed by atoms with Gasteiger partial charge in [-0.1, -0.05) is 56.4 Å². The number of halogens is 3. The van der Waals surface area contributed by atoms with Crippen LogP contribution in [0, 0.1) is 17.5 Å². The summed E-state index contributed by atoms with van der Waals surface area (Å²) in [5.74, 6) is -3.22. The Kier molecular flexibility index (Phi) is 6.83. The molecule has 2 aromatic carbocycles. The van der Waals surface area contributed by atoms with Crippen LogP contribution in [0.3, 0.4) is 0 Å². The van der Waals surface area contributed by atoms with E-state index in [-0.39, 0.29) is 12.1 Å². The Morgan fingerprint density at radius 3 is 2.23 bits per heavy atom. The van der Waals surface area contributed by atoms with Gasteiger partial charge in [-0.15, -0.1) is 0 Å². The fraction of sp³-hybridized carbons (Fsp3) is 0.480. The van der Waals surface area contributed by atoms with Crippen molar-refractivity contribution in [2.24, 2.45) is 0 Å². The van der Waals surface area contributed by atoms with E-state index < -0.39 is 29.2 Å². The van der Waals surface area contributed by atoms with Crippen molar-refractivity contribution in [1.82, 2.24) is 4.90 Å². The summed E-state index contributed by atoms with van der Waals surface area (Å²) in [4.78, 5) is 15.4. The lowest BCUT2D eigenvalue weighted by atomic mass is 9.95. The van der Waals surface area contributed by atoms with E-state index in [0.29, 0.717) is 12.1 Å². The molecule has 2 aliphatic carbocycles. The van der Waals surface area contributed by atoms with Gasteiger partial charge in [-0.3, -0.25) is 0 Å². The number of nitrogens with zero attached hydrogens (tertiary/aromatic N) is 1. The van der Waals surface area contributed by atoms with Gasteiger partial charge in [-0.2, -0.15) is 0 Å². The largest absolute Gasteiger partial charge is 0.322 e. The maximum atomic E-state index is 14.3. The predicted octanol–water partition coefficient (Wildman–Crippen LogP) is 7.13. The van der Waals surface area contributed by atoms with Gasteiger partial charge in [-0.05, 0) is 43.2 Å². The number of urea groups is 1. The second-order valence-electron chi connectivity index (χ2n) is 8.69. The van der Waals surface area contributed by atoms with Gasteiger partial charge in [0.1, 0.15) is 11.5 Å². The summed E-state index contributed by atoms with van der Waals surface area (Å²) >= 11 is 0. The van der Waals surface area contributed by atoms with Crippen molar-refractivity contribution in [3.63, 3.8) is 0 Å². The number of benzene rings is 2. The molecule has 3 nitrogen and oxygen atoms in total. The van der Waals surface area contributed by atoms with Crippen LogP contribution in [-0.4, -0.2) is 17.0 Å². The maximum Gasteiger partial charge on any atom is 0.322 e. The predicted molar refractivity (Wildman–Crippen MR) is 115 cm³/mol. The SMILES string of the molecule is O=C(Nc1c(F)cc(F)cc1F)N(C1CCCCCC1)C1CCCCc2ccccc21. The molecule has 0 heterocycles. The number of rotatable bonds is 3. The second-order valence-corrected chi connectivity index (χ2v) is 8.69.